The number of rotatable bonds is 2. The SMILES string of the molecule is CCOc1ncc(Br)c2ccccc12. The van der Waals surface area contributed by atoms with Crippen LogP contribution in [-0.2, 0) is 0 Å². The molecule has 0 atom stereocenters. The van der Waals surface area contributed by atoms with E-state index in [1.54, 1.807) is 6.20 Å². The van der Waals surface area contributed by atoms with Crippen LogP contribution >= 0.6 is 15.9 Å². The van der Waals surface area contributed by atoms with Gasteiger partial charge < -0.3 is 4.74 Å². The highest BCUT2D eigenvalue weighted by Gasteiger charge is 2.04. The lowest BCUT2D eigenvalue weighted by Gasteiger charge is -2.06. The second-order valence-electron chi connectivity index (χ2n) is 2.89. The Morgan fingerprint density at radius 3 is 2.71 bits per heavy atom. The Kier molecular flexibility index (Phi) is 2.68. The molecule has 0 amide bonds. The summed E-state index contributed by atoms with van der Waals surface area (Å²) < 4.78 is 6.44. The van der Waals surface area contributed by atoms with Crippen LogP contribution in [0.5, 0.6) is 5.88 Å². The van der Waals surface area contributed by atoms with Gasteiger partial charge in [0, 0.05) is 21.4 Å². The molecule has 2 rings (SSSR count). The minimum absolute atomic E-state index is 0.638. The maximum atomic E-state index is 5.44. The van der Waals surface area contributed by atoms with Gasteiger partial charge in [0.15, 0.2) is 0 Å². The van der Waals surface area contributed by atoms with Gasteiger partial charge in [-0.1, -0.05) is 18.2 Å². The molecule has 1 aromatic carbocycles. The number of halogens is 1. The van der Waals surface area contributed by atoms with E-state index in [0.717, 1.165) is 15.2 Å². The summed E-state index contributed by atoms with van der Waals surface area (Å²) in [6.07, 6.45) is 1.77. The summed E-state index contributed by atoms with van der Waals surface area (Å²) in [5.74, 6) is 0.700. The monoisotopic (exact) mass is 251 g/mol. The van der Waals surface area contributed by atoms with Gasteiger partial charge in [-0.3, -0.25) is 0 Å². The van der Waals surface area contributed by atoms with E-state index in [-0.39, 0.29) is 0 Å². The molecule has 2 aromatic rings. The van der Waals surface area contributed by atoms with Crippen LogP contribution < -0.4 is 4.74 Å². The lowest BCUT2D eigenvalue weighted by molar-refractivity contribution is 0.331. The van der Waals surface area contributed by atoms with Crippen LogP contribution in [-0.4, -0.2) is 11.6 Å². The fourth-order valence-electron chi connectivity index (χ4n) is 1.38. The van der Waals surface area contributed by atoms with E-state index in [0.29, 0.717) is 12.5 Å². The lowest BCUT2D eigenvalue weighted by atomic mass is 10.2. The van der Waals surface area contributed by atoms with Crippen molar-refractivity contribution < 1.29 is 4.74 Å². The van der Waals surface area contributed by atoms with Crippen LogP contribution in [0.3, 0.4) is 0 Å². The Morgan fingerprint density at radius 1 is 1.29 bits per heavy atom. The molecule has 0 radical (unpaired) electrons. The first-order valence-electron chi connectivity index (χ1n) is 4.49. The summed E-state index contributed by atoms with van der Waals surface area (Å²) in [5, 5.41) is 2.18. The van der Waals surface area contributed by atoms with E-state index in [4.69, 9.17) is 4.74 Å². The summed E-state index contributed by atoms with van der Waals surface area (Å²) in [7, 11) is 0. The largest absolute Gasteiger partial charge is 0.478 e. The average Bonchev–Trinajstić information content (AvgIpc) is 2.23. The molecule has 2 nitrogen and oxygen atoms in total. The summed E-state index contributed by atoms with van der Waals surface area (Å²) in [4.78, 5) is 4.23. The van der Waals surface area contributed by atoms with E-state index >= 15 is 0 Å². The van der Waals surface area contributed by atoms with Gasteiger partial charge in [0.25, 0.3) is 0 Å². The summed E-state index contributed by atoms with van der Waals surface area (Å²) in [6, 6.07) is 8.05. The molecule has 0 fully saturated rings. The molecule has 0 spiro atoms. The number of aromatic nitrogens is 1. The van der Waals surface area contributed by atoms with E-state index in [9.17, 15) is 0 Å². The number of pyridine rings is 1. The van der Waals surface area contributed by atoms with Crippen molar-refractivity contribution >= 4 is 26.7 Å². The molecule has 0 saturated heterocycles. The van der Waals surface area contributed by atoms with Crippen molar-refractivity contribution in [3.63, 3.8) is 0 Å². The first-order valence-corrected chi connectivity index (χ1v) is 5.28. The number of ether oxygens (including phenoxy) is 1. The molecule has 3 heteroatoms. The zero-order valence-corrected chi connectivity index (χ0v) is 9.41. The molecule has 1 aromatic heterocycles. The van der Waals surface area contributed by atoms with Crippen molar-refractivity contribution in [2.24, 2.45) is 0 Å². The van der Waals surface area contributed by atoms with Gasteiger partial charge in [0.2, 0.25) is 5.88 Å². The number of hydrogen-bond acceptors (Lipinski definition) is 2. The number of nitrogens with zero attached hydrogens (tertiary/aromatic N) is 1. The predicted octanol–water partition coefficient (Wildman–Crippen LogP) is 3.40. The van der Waals surface area contributed by atoms with Crippen molar-refractivity contribution in [3.8, 4) is 5.88 Å². The van der Waals surface area contributed by atoms with Crippen molar-refractivity contribution in [3.05, 3.63) is 34.9 Å². The molecule has 0 aliphatic heterocycles. The molecular weight excluding hydrogens is 242 g/mol. The van der Waals surface area contributed by atoms with Crippen molar-refractivity contribution in [1.82, 2.24) is 4.98 Å². The molecule has 72 valence electrons. The van der Waals surface area contributed by atoms with Crippen LogP contribution in [0.15, 0.2) is 34.9 Å². The van der Waals surface area contributed by atoms with Crippen molar-refractivity contribution in [1.29, 1.82) is 0 Å². The molecule has 1 heterocycles. The fourth-order valence-corrected chi connectivity index (χ4v) is 1.83. The van der Waals surface area contributed by atoms with E-state index in [1.807, 2.05) is 31.2 Å². The highest BCUT2D eigenvalue weighted by molar-refractivity contribution is 9.10. The van der Waals surface area contributed by atoms with Gasteiger partial charge in [-0.15, -0.1) is 0 Å². The topological polar surface area (TPSA) is 22.1 Å². The summed E-state index contributed by atoms with van der Waals surface area (Å²) in [6.45, 7) is 2.59. The maximum Gasteiger partial charge on any atom is 0.221 e. The molecule has 0 saturated carbocycles. The molecule has 0 aliphatic carbocycles. The molecule has 0 N–H and O–H groups in total. The van der Waals surface area contributed by atoms with Crippen LogP contribution in [0.25, 0.3) is 10.8 Å². The number of fused-ring (bicyclic) bond motifs is 1. The van der Waals surface area contributed by atoms with E-state index < -0.39 is 0 Å². The lowest BCUT2D eigenvalue weighted by Crippen LogP contribution is -1.95. The standard InChI is InChI=1S/C11H10BrNO/c1-2-14-11-9-6-4-3-5-8(9)10(12)7-13-11/h3-7H,2H2,1H3. The fraction of sp³-hybridized carbons (Fsp3) is 0.182. The van der Waals surface area contributed by atoms with Gasteiger partial charge in [-0.2, -0.15) is 0 Å². The van der Waals surface area contributed by atoms with Crippen LogP contribution in [0, 0.1) is 0 Å². The third-order valence-electron chi connectivity index (χ3n) is 1.99. The Morgan fingerprint density at radius 2 is 2.00 bits per heavy atom. The van der Waals surface area contributed by atoms with Gasteiger partial charge in [-0.25, -0.2) is 4.98 Å². The number of benzene rings is 1. The van der Waals surface area contributed by atoms with Gasteiger partial charge >= 0.3 is 0 Å². The predicted molar refractivity (Wildman–Crippen MR) is 60.6 cm³/mol. The second-order valence-corrected chi connectivity index (χ2v) is 3.74. The minimum Gasteiger partial charge on any atom is -0.478 e. The summed E-state index contributed by atoms with van der Waals surface area (Å²) >= 11 is 3.46. The van der Waals surface area contributed by atoms with Crippen LogP contribution in [0.1, 0.15) is 6.92 Å². The van der Waals surface area contributed by atoms with Gasteiger partial charge in [0.05, 0.1) is 6.61 Å². The Hall–Kier alpha value is -1.09. The molecule has 0 bridgehead atoms. The summed E-state index contributed by atoms with van der Waals surface area (Å²) in [5.41, 5.74) is 0. The van der Waals surface area contributed by atoms with Gasteiger partial charge in [0.1, 0.15) is 0 Å². The Labute approximate surface area is 91.0 Å². The van der Waals surface area contributed by atoms with E-state index in [2.05, 4.69) is 20.9 Å². The third kappa shape index (κ3) is 1.60. The zero-order valence-electron chi connectivity index (χ0n) is 7.83. The van der Waals surface area contributed by atoms with Crippen LogP contribution in [0.4, 0.5) is 0 Å². The first-order chi connectivity index (χ1) is 6.83. The van der Waals surface area contributed by atoms with Crippen molar-refractivity contribution in [2.75, 3.05) is 6.61 Å². The minimum atomic E-state index is 0.638. The van der Waals surface area contributed by atoms with Crippen LogP contribution in [0.2, 0.25) is 0 Å². The average molecular weight is 252 g/mol. The normalized spacial score (nSPS) is 10.4. The Bertz CT molecular complexity index is 456. The molecular formula is C11H10BrNO. The maximum absolute atomic E-state index is 5.44. The molecule has 0 aliphatic rings. The Balaban J connectivity index is 2.68. The molecule has 0 unspecified atom stereocenters. The smallest absolute Gasteiger partial charge is 0.221 e. The molecule has 14 heavy (non-hydrogen) atoms. The second kappa shape index (κ2) is 3.96. The van der Waals surface area contributed by atoms with Gasteiger partial charge in [-0.05, 0) is 28.9 Å². The van der Waals surface area contributed by atoms with Crippen molar-refractivity contribution in [2.45, 2.75) is 6.92 Å². The quantitative estimate of drug-likeness (QED) is 0.817. The highest BCUT2D eigenvalue weighted by atomic mass is 79.9. The third-order valence-corrected chi connectivity index (χ3v) is 2.62. The highest BCUT2D eigenvalue weighted by Crippen LogP contribution is 2.28. The first kappa shape index (κ1) is 9.46. The zero-order chi connectivity index (χ0) is 9.97. The number of hydrogen-bond donors (Lipinski definition) is 0. The van der Waals surface area contributed by atoms with E-state index in [1.165, 1.54) is 0 Å².